The van der Waals surface area contributed by atoms with Crippen molar-refractivity contribution in [1.82, 2.24) is 0 Å². The number of hydrogen-bond donors (Lipinski definition) is 1. The summed E-state index contributed by atoms with van der Waals surface area (Å²) in [6.45, 7) is 4.32. The number of nitrogens with zero attached hydrogens (tertiary/aromatic N) is 1. The largest absolute Gasteiger partial charge is 0.486 e. The van der Waals surface area contributed by atoms with Crippen LogP contribution in [0.15, 0.2) is 39.7 Å². The van der Waals surface area contributed by atoms with Crippen LogP contribution in [0.5, 0.6) is 11.5 Å². The number of hydrogen-bond acceptors (Lipinski definition) is 5. The van der Waals surface area contributed by atoms with Crippen LogP contribution in [0.25, 0.3) is 0 Å². The molecule has 0 spiro atoms. The number of sulfonamides is 1. The Bertz CT molecular complexity index is 1070. The van der Waals surface area contributed by atoms with Gasteiger partial charge in [0.2, 0.25) is 5.91 Å². The number of anilines is 2. The van der Waals surface area contributed by atoms with Crippen LogP contribution in [-0.2, 0) is 21.2 Å². The molecular weight excluding hydrogens is 448 g/mol. The fourth-order valence-electron chi connectivity index (χ4n) is 3.60. The summed E-state index contributed by atoms with van der Waals surface area (Å²) in [7, 11) is -3.82. The Hall–Kier alpha value is -2.26. The molecule has 0 saturated heterocycles. The maximum atomic E-state index is 12.9. The third-order valence-corrected chi connectivity index (χ3v) is 6.81. The Kier molecular flexibility index (Phi) is 4.75. The summed E-state index contributed by atoms with van der Waals surface area (Å²) in [5, 5.41) is 0. The Morgan fingerprint density at radius 2 is 1.86 bits per heavy atom. The lowest BCUT2D eigenvalue weighted by molar-refractivity contribution is -0.116. The maximum Gasteiger partial charge on any atom is 0.261 e. The van der Waals surface area contributed by atoms with Gasteiger partial charge in [-0.05, 0) is 53.0 Å². The van der Waals surface area contributed by atoms with Crippen molar-refractivity contribution in [3.05, 3.63) is 40.4 Å². The second-order valence-corrected chi connectivity index (χ2v) is 9.35. The van der Waals surface area contributed by atoms with Gasteiger partial charge in [0.15, 0.2) is 11.5 Å². The van der Waals surface area contributed by atoms with Crippen LogP contribution in [-0.4, -0.2) is 33.6 Å². The van der Waals surface area contributed by atoms with Crippen LogP contribution >= 0.6 is 15.9 Å². The van der Waals surface area contributed by atoms with Crippen molar-refractivity contribution in [2.75, 3.05) is 22.8 Å². The van der Waals surface area contributed by atoms with E-state index >= 15 is 0 Å². The van der Waals surface area contributed by atoms with E-state index in [2.05, 4.69) is 20.7 Å². The number of nitrogens with one attached hydrogen (secondary N) is 1. The number of fused-ring (bicyclic) bond motifs is 2. The molecule has 0 bridgehead atoms. The van der Waals surface area contributed by atoms with Crippen molar-refractivity contribution >= 4 is 43.2 Å². The SMILES string of the molecule is CC(=O)N1c2ccc(S(=O)(=O)Nc3cc4c(cc3Br)OCCO4)cc2CC1C. The van der Waals surface area contributed by atoms with Gasteiger partial charge in [-0.1, -0.05) is 0 Å². The van der Waals surface area contributed by atoms with E-state index in [0.29, 0.717) is 41.3 Å². The lowest BCUT2D eigenvalue weighted by Gasteiger charge is -2.21. The summed E-state index contributed by atoms with van der Waals surface area (Å²) in [6, 6.07) is 8.12. The van der Waals surface area contributed by atoms with E-state index in [9.17, 15) is 13.2 Å². The fourth-order valence-corrected chi connectivity index (χ4v) is 5.27. The molecule has 0 aromatic heterocycles. The average molecular weight is 467 g/mol. The number of amides is 1. The molecule has 0 saturated carbocycles. The van der Waals surface area contributed by atoms with E-state index in [1.54, 1.807) is 29.2 Å². The minimum absolute atomic E-state index is 0.00496. The maximum absolute atomic E-state index is 12.9. The monoisotopic (exact) mass is 466 g/mol. The molecule has 2 aromatic rings. The molecule has 2 heterocycles. The minimum Gasteiger partial charge on any atom is -0.486 e. The summed E-state index contributed by atoms with van der Waals surface area (Å²) in [6.07, 6.45) is 0.617. The zero-order valence-corrected chi connectivity index (χ0v) is 17.8. The molecule has 0 radical (unpaired) electrons. The molecule has 1 atom stereocenters. The lowest BCUT2D eigenvalue weighted by Crippen LogP contribution is -2.33. The molecule has 2 aromatic carbocycles. The number of benzene rings is 2. The molecule has 2 aliphatic heterocycles. The van der Waals surface area contributed by atoms with E-state index in [-0.39, 0.29) is 16.8 Å². The van der Waals surface area contributed by atoms with Gasteiger partial charge in [-0.15, -0.1) is 0 Å². The summed E-state index contributed by atoms with van der Waals surface area (Å²) >= 11 is 3.38. The first-order valence-electron chi connectivity index (χ1n) is 8.81. The second kappa shape index (κ2) is 6.97. The highest BCUT2D eigenvalue weighted by molar-refractivity contribution is 9.10. The Morgan fingerprint density at radius 3 is 2.54 bits per heavy atom. The number of carbonyl (C=O) groups is 1. The van der Waals surface area contributed by atoms with E-state index in [4.69, 9.17) is 9.47 Å². The van der Waals surface area contributed by atoms with Crippen molar-refractivity contribution in [3.8, 4) is 11.5 Å². The number of carbonyl (C=O) groups excluding carboxylic acids is 1. The highest BCUT2D eigenvalue weighted by atomic mass is 79.9. The predicted octanol–water partition coefficient (Wildman–Crippen LogP) is 3.32. The first-order valence-corrected chi connectivity index (χ1v) is 11.1. The van der Waals surface area contributed by atoms with Crippen LogP contribution < -0.4 is 19.1 Å². The molecule has 1 amide bonds. The topological polar surface area (TPSA) is 84.9 Å². The van der Waals surface area contributed by atoms with Gasteiger partial charge in [-0.25, -0.2) is 8.42 Å². The van der Waals surface area contributed by atoms with Crippen LogP contribution in [0.3, 0.4) is 0 Å². The molecule has 0 fully saturated rings. The average Bonchev–Trinajstić information content (AvgIpc) is 2.97. The highest BCUT2D eigenvalue weighted by Crippen LogP contribution is 2.39. The molecule has 28 heavy (non-hydrogen) atoms. The van der Waals surface area contributed by atoms with Crippen molar-refractivity contribution in [1.29, 1.82) is 0 Å². The minimum atomic E-state index is -3.82. The van der Waals surface area contributed by atoms with Gasteiger partial charge >= 0.3 is 0 Å². The lowest BCUT2D eigenvalue weighted by atomic mass is 10.1. The molecule has 7 nitrogen and oxygen atoms in total. The first kappa shape index (κ1) is 19.1. The summed E-state index contributed by atoms with van der Waals surface area (Å²) in [5.74, 6) is 1.00. The molecule has 4 rings (SSSR count). The van der Waals surface area contributed by atoms with Gasteiger partial charge in [0.05, 0.1) is 10.6 Å². The van der Waals surface area contributed by atoms with E-state index in [1.807, 2.05) is 6.92 Å². The Labute approximate surface area is 171 Å². The van der Waals surface area contributed by atoms with Gasteiger partial charge in [0.25, 0.3) is 10.0 Å². The Balaban J connectivity index is 1.65. The molecule has 1 N–H and O–H groups in total. The van der Waals surface area contributed by atoms with Crippen LogP contribution in [0.2, 0.25) is 0 Å². The summed E-state index contributed by atoms with van der Waals surface area (Å²) < 4.78 is 40.0. The fraction of sp³-hybridized carbons (Fsp3) is 0.316. The smallest absolute Gasteiger partial charge is 0.261 e. The van der Waals surface area contributed by atoms with Crippen molar-refractivity contribution in [2.24, 2.45) is 0 Å². The summed E-state index contributed by atoms with van der Waals surface area (Å²) in [5.41, 5.74) is 1.97. The first-order chi connectivity index (χ1) is 13.3. The van der Waals surface area contributed by atoms with Crippen molar-refractivity contribution in [3.63, 3.8) is 0 Å². The molecule has 2 aliphatic rings. The van der Waals surface area contributed by atoms with Crippen molar-refractivity contribution < 1.29 is 22.7 Å². The summed E-state index contributed by atoms with van der Waals surface area (Å²) in [4.78, 5) is 13.7. The Morgan fingerprint density at radius 1 is 1.18 bits per heavy atom. The molecule has 0 aliphatic carbocycles. The van der Waals surface area contributed by atoms with E-state index < -0.39 is 10.0 Å². The van der Waals surface area contributed by atoms with E-state index in [1.165, 1.54) is 13.0 Å². The van der Waals surface area contributed by atoms with Gasteiger partial charge in [0, 0.05) is 35.3 Å². The van der Waals surface area contributed by atoms with Gasteiger partial charge in [-0.3, -0.25) is 9.52 Å². The zero-order chi connectivity index (χ0) is 20.1. The van der Waals surface area contributed by atoms with E-state index in [0.717, 1.165) is 11.3 Å². The van der Waals surface area contributed by atoms with Crippen LogP contribution in [0.4, 0.5) is 11.4 Å². The van der Waals surface area contributed by atoms with Gasteiger partial charge in [0.1, 0.15) is 13.2 Å². The third kappa shape index (κ3) is 3.33. The normalized spacial score (nSPS) is 18.0. The van der Waals surface area contributed by atoms with Crippen molar-refractivity contribution in [2.45, 2.75) is 31.2 Å². The zero-order valence-electron chi connectivity index (χ0n) is 15.4. The van der Waals surface area contributed by atoms with Crippen LogP contribution in [0.1, 0.15) is 19.4 Å². The molecule has 9 heteroatoms. The third-order valence-electron chi connectivity index (χ3n) is 4.79. The quantitative estimate of drug-likeness (QED) is 0.749. The second-order valence-electron chi connectivity index (χ2n) is 6.81. The number of ether oxygens (including phenoxy) is 2. The molecule has 1 unspecified atom stereocenters. The predicted molar refractivity (Wildman–Crippen MR) is 109 cm³/mol. The number of halogens is 1. The van der Waals surface area contributed by atoms with Gasteiger partial charge in [-0.2, -0.15) is 0 Å². The van der Waals surface area contributed by atoms with Gasteiger partial charge < -0.3 is 14.4 Å². The standard InChI is InChI=1S/C19H19BrN2O5S/c1-11-7-13-8-14(3-4-17(13)22(11)12(2)23)28(24,25)21-16-10-19-18(9-15(16)20)26-5-6-27-19/h3-4,8-11,21H,5-7H2,1-2H3. The highest BCUT2D eigenvalue weighted by Gasteiger charge is 2.30. The number of rotatable bonds is 3. The molecular formula is C19H19BrN2O5S. The molecule has 148 valence electrons. The van der Waals surface area contributed by atoms with Crippen LogP contribution in [0, 0.1) is 0 Å².